The number of anilines is 1. The van der Waals surface area contributed by atoms with Crippen molar-refractivity contribution in [2.24, 2.45) is 5.92 Å². The second kappa shape index (κ2) is 8.55. The van der Waals surface area contributed by atoms with E-state index in [-0.39, 0.29) is 24.8 Å². The number of methoxy groups -OCH3 is 1. The smallest absolute Gasteiger partial charge is 0.227 e. The molecule has 0 bridgehead atoms. The highest BCUT2D eigenvalue weighted by Crippen LogP contribution is 2.27. The summed E-state index contributed by atoms with van der Waals surface area (Å²) < 4.78 is 6.72. The predicted molar refractivity (Wildman–Crippen MR) is 114 cm³/mol. The number of nitrogens with one attached hydrogen (secondary N) is 1. The van der Waals surface area contributed by atoms with Gasteiger partial charge in [0.25, 0.3) is 0 Å². The Hall–Kier alpha value is -3.75. The molecule has 1 aliphatic rings. The van der Waals surface area contributed by atoms with E-state index < -0.39 is 5.92 Å². The third-order valence-electron chi connectivity index (χ3n) is 5.57. The molecule has 0 aliphatic carbocycles. The zero-order valence-corrected chi connectivity index (χ0v) is 17.7. The van der Waals surface area contributed by atoms with Gasteiger partial charge in [-0.25, -0.2) is 0 Å². The van der Waals surface area contributed by atoms with Crippen LogP contribution in [-0.4, -0.2) is 45.7 Å². The lowest BCUT2D eigenvalue weighted by Crippen LogP contribution is -2.33. The summed E-state index contributed by atoms with van der Waals surface area (Å²) in [6, 6.07) is 13.2. The van der Waals surface area contributed by atoms with Crippen molar-refractivity contribution in [3.05, 3.63) is 59.4 Å². The first-order valence-electron chi connectivity index (χ1n) is 10.0. The molecule has 9 nitrogen and oxygen atoms in total. The molecule has 2 amide bonds. The molecule has 1 unspecified atom stereocenters. The molecule has 0 saturated carbocycles. The molecule has 9 heteroatoms. The van der Waals surface area contributed by atoms with E-state index in [9.17, 15) is 9.59 Å². The molecule has 1 N–H and O–H groups in total. The third kappa shape index (κ3) is 4.25. The number of aromatic nitrogens is 4. The molecular formula is C22H24N6O3. The van der Waals surface area contributed by atoms with Crippen molar-refractivity contribution in [3.63, 3.8) is 0 Å². The van der Waals surface area contributed by atoms with Gasteiger partial charge in [0.2, 0.25) is 11.8 Å². The summed E-state index contributed by atoms with van der Waals surface area (Å²) in [7, 11) is 1.60. The maximum atomic E-state index is 12.7. The van der Waals surface area contributed by atoms with Gasteiger partial charge in [0.05, 0.1) is 25.3 Å². The van der Waals surface area contributed by atoms with Crippen LogP contribution in [0.3, 0.4) is 0 Å². The van der Waals surface area contributed by atoms with E-state index >= 15 is 0 Å². The monoisotopic (exact) mass is 420 g/mol. The molecule has 1 atom stereocenters. The van der Waals surface area contributed by atoms with Crippen molar-refractivity contribution in [2.45, 2.75) is 26.8 Å². The fourth-order valence-electron chi connectivity index (χ4n) is 3.58. The molecule has 2 aromatic carbocycles. The molecule has 31 heavy (non-hydrogen) atoms. The molecule has 0 spiro atoms. The van der Waals surface area contributed by atoms with Crippen molar-refractivity contribution in [3.8, 4) is 11.4 Å². The summed E-state index contributed by atoms with van der Waals surface area (Å²) in [6.07, 6.45) is 0.183. The van der Waals surface area contributed by atoms with Crippen LogP contribution >= 0.6 is 0 Å². The normalized spacial score (nSPS) is 15.9. The van der Waals surface area contributed by atoms with Gasteiger partial charge >= 0.3 is 0 Å². The Morgan fingerprint density at radius 2 is 1.87 bits per heavy atom. The van der Waals surface area contributed by atoms with Gasteiger partial charge in [0.1, 0.15) is 5.75 Å². The zero-order valence-electron chi connectivity index (χ0n) is 17.7. The highest BCUT2D eigenvalue weighted by Gasteiger charge is 2.35. The largest absolute Gasteiger partial charge is 0.497 e. The topological polar surface area (TPSA) is 102 Å². The number of nitrogens with zero attached hydrogens (tertiary/aromatic N) is 5. The summed E-state index contributed by atoms with van der Waals surface area (Å²) in [6.45, 7) is 4.56. The number of hydrogen-bond donors (Lipinski definition) is 1. The highest BCUT2D eigenvalue weighted by molar-refractivity contribution is 6.00. The van der Waals surface area contributed by atoms with E-state index in [1.807, 2.05) is 56.3 Å². The van der Waals surface area contributed by atoms with E-state index in [0.29, 0.717) is 12.4 Å². The Kier molecular flexibility index (Phi) is 5.66. The number of rotatable bonds is 6. The number of tetrazole rings is 1. The van der Waals surface area contributed by atoms with E-state index in [2.05, 4.69) is 20.8 Å². The van der Waals surface area contributed by atoms with Gasteiger partial charge in [-0.15, -0.1) is 5.10 Å². The van der Waals surface area contributed by atoms with E-state index in [1.54, 1.807) is 16.7 Å². The Morgan fingerprint density at radius 1 is 1.13 bits per heavy atom. The number of ether oxygens (including phenoxy) is 1. The van der Waals surface area contributed by atoms with Crippen LogP contribution in [0.25, 0.3) is 5.69 Å². The van der Waals surface area contributed by atoms with Gasteiger partial charge in [-0.1, -0.05) is 6.07 Å². The molecule has 1 saturated heterocycles. The number of aryl methyl sites for hydroxylation is 2. The Morgan fingerprint density at radius 3 is 2.58 bits per heavy atom. The Labute approximate surface area is 180 Å². The van der Waals surface area contributed by atoms with Crippen molar-refractivity contribution in [2.75, 3.05) is 18.6 Å². The minimum Gasteiger partial charge on any atom is -0.497 e. The van der Waals surface area contributed by atoms with Crippen LogP contribution in [0.2, 0.25) is 0 Å². The fourth-order valence-corrected chi connectivity index (χ4v) is 3.58. The lowest BCUT2D eigenvalue weighted by atomic mass is 10.1. The second-order valence-electron chi connectivity index (χ2n) is 7.60. The van der Waals surface area contributed by atoms with Gasteiger partial charge in [-0.2, -0.15) is 4.68 Å². The maximum Gasteiger partial charge on any atom is 0.227 e. The highest BCUT2D eigenvalue weighted by atomic mass is 16.5. The van der Waals surface area contributed by atoms with E-state index in [0.717, 1.165) is 22.7 Å². The van der Waals surface area contributed by atoms with E-state index in [4.69, 9.17) is 4.74 Å². The first kappa shape index (κ1) is 20.5. The van der Waals surface area contributed by atoms with Crippen LogP contribution in [-0.2, 0) is 16.1 Å². The summed E-state index contributed by atoms with van der Waals surface area (Å²) in [5.74, 6) is 0.564. The minimum atomic E-state index is -0.417. The lowest BCUT2D eigenvalue weighted by Gasteiger charge is -2.18. The van der Waals surface area contributed by atoms with Crippen LogP contribution in [0, 0.1) is 19.8 Å². The Bertz CT molecular complexity index is 1110. The first-order valence-corrected chi connectivity index (χ1v) is 10.0. The van der Waals surface area contributed by atoms with Crippen LogP contribution in [0.15, 0.2) is 42.5 Å². The molecule has 1 fully saturated rings. The number of hydrogen-bond acceptors (Lipinski definition) is 6. The average molecular weight is 420 g/mol. The zero-order chi connectivity index (χ0) is 22.0. The number of benzene rings is 2. The van der Waals surface area contributed by atoms with Gasteiger partial charge in [-0.05, 0) is 71.8 Å². The summed E-state index contributed by atoms with van der Waals surface area (Å²) in [5, 5.41) is 14.6. The van der Waals surface area contributed by atoms with Crippen LogP contribution < -0.4 is 15.0 Å². The number of carbonyl (C=O) groups excluding carboxylic acids is 2. The summed E-state index contributed by atoms with van der Waals surface area (Å²) in [4.78, 5) is 26.9. The number of amides is 2. The van der Waals surface area contributed by atoms with E-state index in [1.165, 1.54) is 5.56 Å². The fraction of sp³-hybridized carbons (Fsp3) is 0.318. The third-order valence-corrected chi connectivity index (χ3v) is 5.57. The molecule has 1 aliphatic heterocycles. The molecule has 2 heterocycles. The average Bonchev–Trinajstić information content (AvgIpc) is 3.41. The molecule has 1 aromatic heterocycles. The Balaban J connectivity index is 1.40. The van der Waals surface area contributed by atoms with Crippen LogP contribution in [0.4, 0.5) is 5.69 Å². The molecule has 3 aromatic rings. The summed E-state index contributed by atoms with van der Waals surface area (Å²) in [5.41, 5.74) is 3.86. The van der Waals surface area contributed by atoms with Gasteiger partial charge < -0.3 is 15.0 Å². The maximum absolute atomic E-state index is 12.7. The lowest BCUT2D eigenvalue weighted by molar-refractivity contribution is -0.126. The van der Waals surface area contributed by atoms with Crippen LogP contribution in [0.1, 0.15) is 23.4 Å². The summed E-state index contributed by atoms with van der Waals surface area (Å²) >= 11 is 0. The molecule has 160 valence electrons. The minimum absolute atomic E-state index is 0.0496. The van der Waals surface area contributed by atoms with Crippen molar-refractivity contribution in [1.82, 2.24) is 25.5 Å². The SMILES string of the molecule is COc1ccc(-n2nnnc2CNC(=O)C2CC(=O)N(c3ccc(C)c(C)c3)C2)cc1. The second-order valence-corrected chi connectivity index (χ2v) is 7.60. The standard InChI is InChI=1S/C22H24N6O3/c1-14-4-5-18(10-15(14)2)27-13-16(11-21(27)29)22(30)23-12-20-24-25-26-28(20)17-6-8-19(31-3)9-7-17/h4-10,16H,11-13H2,1-3H3,(H,23,30). The first-order chi connectivity index (χ1) is 15.0. The van der Waals surface area contributed by atoms with Gasteiger partial charge in [-0.3, -0.25) is 9.59 Å². The molecular weight excluding hydrogens is 396 g/mol. The van der Waals surface area contributed by atoms with Gasteiger partial charge in [0, 0.05) is 18.7 Å². The van der Waals surface area contributed by atoms with Crippen LogP contribution in [0.5, 0.6) is 5.75 Å². The van der Waals surface area contributed by atoms with Gasteiger partial charge in [0.15, 0.2) is 5.82 Å². The molecule has 0 radical (unpaired) electrons. The molecule has 4 rings (SSSR count). The predicted octanol–water partition coefficient (Wildman–Crippen LogP) is 1.96. The van der Waals surface area contributed by atoms with Crippen molar-refractivity contribution < 1.29 is 14.3 Å². The number of carbonyl (C=O) groups is 2. The quantitative estimate of drug-likeness (QED) is 0.654. The van der Waals surface area contributed by atoms with Crippen molar-refractivity contribution >= 4 is 17.5 Å². The van der Waals surface area contributed by atoms with Crippen molar-refractivity contribution in [1.29, 1.82) is 0 Å².